The molecule has 0 aliphatic carbocycles. The van der Waals surface area contributed by atoms with Gasteiger partial charge >= 0.3 is 0 Å². The zero-order chi connectivity index (χ0) is 19.7. The van der Waals surface area contributed by atoms with Crippen molar-refractivity contribution in [2.45, 2.75) is 24.6 Å². The predicted molar refractivity (Wildman–Crippen MR) is 117 cm³/mol. The van der Waals surface area contributed by atoms with Crippen molar-refractivity contribution < 1.29 is 9.59 Å². The Morgan fingerprint density at radius 3 is 2.36 bits per heavy atom. The number of hydrogen-bond donors (Lipinski definition) is 0. The zero-order valence-electron chi connectivity index (χ0n) is 15.9. The molecule has 2 aromatic carbocycles. The highest BCUT2D eigenvalue weighted by Crippen LogP contribution is 2.44. The molecule has 28 heavy (non-hydrogen) atoms. The summed E-state index contributed by atoms with van der Waals surface area (Å²) < 4.78 is 0.910. The fraction of sp³-hybridized carbons (Fsp3) is 0.364. The number of thioether (sulfide) groups is 1. The summed E-state index contributed by atoms with van der Waals surface area (Å²) in [5.74, 6) is 1.13. The number of piperidine rings is 1. The zero-order valence-corrected chi connectivity index (χ0v) is 18.3. The van der Waals surface area contributed by atoms with Gasteiger partial charge < -0.3 is 9.80 Å². The lowest BCUT2D eigenvalue weighted by Gasteiger charge is -2.44. The third-order valence-corrected chi connectivity index (χ3v) is 7.67. The van der Waals surface area contributed by atoms with Crippen molar-refractivity contribution in [2.24, 2.45) is 0 Å². The van der Waals surface area contributed by atoms with Crippen LogP contribution in [0.4, 0.5) is 0 Å². The maximum absolute atomic E-state index is 13.1. The molecule has 0 unspecified atom stereocenters. The summed E-state index contributed by atoms with van der Waals surface area (Å²) in [7, 11) is 0. The first kappa shape index (κ1) is 19.5. The molecule has 2 heterocycles. The molecule has 1 spiro atoms. The highest BCUT2D eigenvalue weighted by molar-refractivity contribution is 9.10. The Labute approximate surface area is 178 Å². The summed E-state index contributed by atoms with van der Waals surface area (Å²) in [5.41, 5.74) is 2.61. The highest BCUT2D eigenvalue weighted by atomic mass is 79.9. The number of hydrogen-bond acceptors (Lipinski definition) is 3. The average molecular weight is 459 g/mol. The summed E-state index contributed by atoms with van der Waals surface area (Å²) in [6.07, 6.45) is 1.63. The second kappa shape index (κ2) is 7.91. The van der Waals surface area contributed by atoms with E-state index in [2.05, 4.69) is 15.9 Å². The molecule has 6 heteroatoms. The number of aryl methyl sites for hydroxylation is 1. The third-order valence-electron chi connectivity index (χ3n) is 5.62. The molecule has 2 aliphatic heterocycles. The molecule has 2 aromatic rings. The van der Waals surface area contributed by atoms with E-state index in [1.54, 1.807) is 0 Å². The first-order chi connectivity index (χ1) is 13.5. The fourth-order valence-corrected chi connectivity index (χ4v) is 5.88. The number of rotatable bonds is 2. The molecule has 2 saturated heterocycles. The van der Waals surface area contributed by atoms with Crippen LogP contribution in [-0.2, 0) is 0 Å². The van der Waals surface area contributed by atoms with E-state index in [9.17, 15) is 9.59 Å². The van der Waals surface area contributed by atoms with Crippen LogP contribution in [0.15, 0.2) is 53.0 Å². The Morgan fingerprint density at radius 1 is 0.964 bits per heavy atom. The second-order valence-electron chi connectivity index (χ2n) is 7.42. The minimum Gasteiger partial charge on any atom is -0.338 e. The van der Waals surface area contributed by atoms with Crippen molar-refractivity contribution in [1.82, 2.24) is 9.80 Å². The van der Waals surface area contributed by atoms with Crippen molar-refractivity contribution in [3.05, 3.63) is 69.7 Å². The molecule has 0 atom stereocenters. The van der Waals surface area contributed by atoms with Gasteiger partial charge in [0.1, 0.15) is 0 Å². The third kappa shape index (κ3) is 3.72. The lowest BCUT2D eigenvalue weighted by atomic mass is 10.00. The van der Waals surface area contributed by atoms with E-state index in [-0.39, 0.29) is 16.7 Å². The van der Waals surface area contributed by atoms with Gasteiger partial charge in [-0.2, -0.15) is 0 Å². The maximum atomic E-state index is 13.1. The monoisotopic (exact) mass is 458 g/mol. The van der Waals surface area contributed by atoms with Crippen LogP contribution in [0.3, 0.4) is 0 Å². The largest absolute Gasteiger partial charge is 0.338 e. The molecule has 0 bridgehead atoms. The predicted octanol–water partition coefficient (Wildman–Crippen LogP) is 4.58. The topological polar surface area (TPSA) is 40.6 Å². The molecule has 0 aromatic heterocycles. The molecule has 4 nitrogen and oxygen atoms in total. The van der Waals surface area contributed by atoms with Gasteiger partial charge in [0.2, 0.25) is 0 Å². The van der Waals surface area contributed by atoms with E-state index >= 15 is 0 Å². The summed E-state index contributed by atoms with van der Waals surface area (Å²) in [6, 6.07) is 15.3. The van der Waals surface area contributed by atoms with Crippen LogP contribution in [0, 0.1) is 6.92 Å². The van der Waals surface area contributed by atoms with E-state index in [0.29, 0.717) is 18.7 Å². The van der Waals surface area contributed by atoms with Crippen LogP contribution in [0.5, 0.6) is 0 Å². The van der Waals surface area contributed by atoms with Crippen molar-refractivity contribution in [3.8, 4) is 0 Å². The highest BCUT2D eigenvalue weighted by Gasteiger charge is 2.47. The number of nitrogens with zero attached hydrogens (tertiary/aromatic N) is 2. The fourth-order valence-electron chi connectivity index (χ4n) is 4.02. The number of amides is 2. The van der Waals surface area contributed by atoms with Crippen molar-refractivity contribution in [2.75, 3.05) is 25.4 Å². The molecular weight excluding hydrogens is 436 g/mol. The lowest BCUT2D eigenvalue weighted by Crippen LogP contribution is -2.53. The first-order valence-corrected chi connectivity index (χ1v) is 11.3. The van der Waals surface area contributed by atoms with Crippen molar-refractivity contribution in [3.63, 3.8) is 0 Å². The first-order valence-electron chi connectivity index (χ1n) is 9.56. The molecule has 0 radical (unpaired) electrons. The van der Waals surface area contributed by atoms with Crippen LogP contribution in [-0.4, -0.2) is 51.9 Å². The Morgan fingerprint density at radius 2 is 1.68 bits per heavy atom. The summed E-state index contributed by atoms with van der Waals surface area (Å²) in [5, 5.41) is 0. The van der Waals surface area contributed by atoms with Crippen LogP contribution >= 0.6 is 27.7 Å². The van der Waals surface area contributed by atoms with Crippen molar-refractivity contribution in [1.29, 1.82) is 0 Å². The standard InChI is InChI=1S/C22H23BrN2O2S/c1-16-5-7-17(8-6-16)21(27)25-13-14-28-22(25)9-11-24(12-10-22)20(26)18-3-2-4-19(23)15-18/h2-8,15H,9-14H2,1H3. The van der Waals surface area contributed by atoms with Gasteiger partial charge in [-0.05, 0) is 50.1 Å². The van der Waals surface area contributed by atoms with E-state index in [1.165, 1.54) is 0 Å². The van der Waals surface area contributed by atoms with Gasteiger partial charge in [-0.25, -0.2) is 0 Å². The number of halogens is 1. The molecule has 146 valence electrons. The van der Waals surface area contributed by atoms with E-state index in [1.807, 2.05) is 77.0 Å². The second-order valence-corrected chi connectivity index (χ2v) is 9.79. The van der Waals surface area contributed by atoms with Gasteiger partial charge in [0.25, 0.3) is 11.8 Å². The van der Waals surface area contributed by atoms with Gasteiger partial charge in [-0.15, -0.1) is 11.8 Å². The van der Waals surface area contributed by atoms with Gasteiger partial charge in [-0.3, -0.25) is 9.59 Å². The average Bonchev–Trinajstić information content (AvgIpc) is 3.11. The van der Waals surface area contributed by atoms with E-state index in [4.69, 9.17) is 0 Å². The number of carbonyl (C=O) groups is 2. The summed E-state index contributed by atoms with van der Waals surface area (Å²) in [4.78, 5) is 29.8. The molecular formula is C22H23BrN2O2S. The van der Waals surface area contributed by atoms with E-state index < -0.39 is 0 Å². The molecule has 4 rings (SSSR count). The molecule has 0 saturated carbocycles. The number of likely N-dealkylation sites (tertiary alicyclic amines) is 1. The van der Waals surface area contributed by atoms with Crippen LogP contribution < -0.4 is 0 Å². The Bertz CT molecular complexity index is 892. The Kier molecular flexibility index (Phi) is 5.52. The Balaban J connectivity index is 1.47. The minimum atomic E-state index is -0.185. The number of benzene rings is 2. The van der Waals surface area contributed by atoms with Gasteiger partial charge in [0.15, 0.2) is 0 Å². The Hall–Kier alpha value is -1.79. The van der Waals surface area contributed by atoms with Crippen LogP contribution in [0.25, 0.3) is 0 Å². The van der Waals surface area contributed by atoms with Crippen molar-refractivity contribution >= 4 is 39.5 Å². The molecule has 2 amide bonds. The summed E-state index contributed by atoms with van der Waals surface area (Å²) >= 11 is 5.31. The maximum Gasteiger partial charge on any atom is 0.254 e. The molecule has 2 aliphatic rings. The lowest BCUT2D eigenvalue weighted by molar-refractivity contribution is 0.0498. The van der Waals surface area contributed by atoms with Crippen LogP contribution in [0.2, 0.25) is 0 Å². The van der Waals surface area contributed by atoms with Gasteiger partial charge in [0, 0.05) is 41.0 Å². The van der Waals surface area contributed by atoms with Crippen LogP contribution in [0.1, 0.15) is 39.1 Å². The molecule has 0 N–H and O–H groups in total. The van der Waals surface area contributed by atoms with E-state index in [0.717, 1.165) is 40.7 Å². The van der Waals surface area contributed by atoms with Gasteiger partial charge in [0.05, 0.1) is 4.87 Å². The SMILES string of the molecule is Cc1ccc(C(=O)N2CCSC23CCN(C(=O)c2cccc(Br)c2)CC3)cc1. The minimum absolute atomic E-state index is 0.0653. The summed E-state index contributed by atoms with van der Waals surface area (Å²) in [6.45, 7) is 4.16. The van der Waals surface area contributed by atoms with Gasteiger partial charge in [-0.1, -0.05) is 39.7 Å². The normalized spacial score (nSPS) is 18.5. The number of carbonyl (C=O) groups excluding carboxylic acids is 2. The smallest absolute Gasteiger partial charge is 0.254 e. The molecule has 2 fully saturated rings. The quantitative estimate of drug-likeness (QED) is 0.660.